The van der Waals surface area contributed by atoms with Gasteiger partial charge in [-0.05, 0) is 18.2 Å². The number of aromatic nitrogens is 2. The Morgan fingerprint density at radius 3 is 2.84 bits per heavy atom. The SMILES string of the molecule is N#Cc1cc(F)c(NC(=O)CNc2nc3ccc(Cl)nc3s2)cc1F. The summed E-state index contributed by atoms with van der Waals surface area (Å²) in [6.45, 7) is -0.214. The molecule has 3 rings (SSSR count). The fraction of sp³-hybridized carbons (Fsp3) is 0.0667. The zero-order chi connectivity index (χ0) is 18.0. The van der Waals surface area contributed by atoms with Crippen LogP contribution < -0.4 is 10.6 Å². The van der Waals surface area contributed by atoms with Crippen LogP contribution in [-0.4, -0.2) is 22.4 Å². The fourth-order valence-corrected chi connectivity index (χ4v) is 2.98. The minimum atomic E-state index is -0.915. The van der Waals surface area contributed by atoms with E-state index in [1.165, 1.54) is 17.4 Å². The molecule has 0 aliphatic carbocycles. The van der Waals surface area contributed by atoms with Crippen LogP contribution in [-0.2, 0) is 4.79 Å². The first-order chi connectivity index (χ1) is 12.0. The van der Waals surface area contributed by atoms with Crippen LogP contribution in [0.5, 0.6) is 0 Å². The summed E-state index contributed by atoms with van der Waals surface area (Å²) < 4.78 is 27.2. The van der Waals surface area contributed by atoms with Crippen molar-refractivity contribution in [2.75, 3.05) is 17.2 Å². The van der Waals surface area contributed by atoms with Crippen molar-refractivity contribution < 1.29 is 13.6 Å². The molecule has 10 heteroatoms. The number of rotatable bonds is 4. The molecule has 1 aromatic carbocycles. The number of anilines is 2. The smallest absolute Gasteiger partial charge is 0.243 e. The summed E-state index contributed by atoms with van der Waals surface area (Å²) in [5.41, 5.74) is -0.159. The molecule has 2 N–H and O–H groups in total. The van der Waals surface area contributed by atoms with Gasteiger partial charge in [0.15, 0.2) is 5.13 Å². The van der Waals surface area contributed by atoms with Gasteiger partial charge < -0.3 is 10.6 Å². The normalized spacial score (nSPS) is 10.5. The van der Waals surface area contributed by atoms with Crippen molar-refractivity contribution >= 4 is 50.0 Å². The van der Waals surface area contributed by atoms with E-state index in [9.17, 15) is 13.6 Å². The summed E-state index contributed by atoms with van der Waals surface area (Å²) >= 11 is 6.99. The molecule has 6 nitrogen and oxygen atoms in total. The lowest BCUT2D eigenvalue weighted by molar-refractivity contribution is -0.114. The first-order valence-electron chi connectivity index (χ1n) is 6.82. The maximum absolute atomic E-state index is 13.7. The maximum Gasteiger partial charge on any atom is 0.243 e. The first kappa shape index (κ1) is 17.0. The summed E-state index contributed by atoms with van der Waals surface area (Å²) in [6.07, 6.45) is 0. The summed E-state index contributed by atoms with van der Waals surface area (Å²) in [5.74, 6) is -2.42. The number of hydrogen-bond acceptors (Lipinski definition) is 6. The molecule has 0 fully saturated rings. The van der Waals surface area contributed by atoms with Gasteiger partial charge in [-0.1, -0.05) is 22.9 Å². The molecule has 0 spiro atoms. The molecule has 126 valence electrons. The van der Waals surface area contributed by atoms with Gasteiger partial charge in [-0.25, -0.2) is 18.7 Å². The highest BCUT2D eigenvalue weighted by Crippen LogP contribution is 2.25. The van der Waals surface area contributed by atoms with Crippen LogP contribution in [0.3, 0.4) is 0 Å². The number of carbonyl (C=O) groups is 1. The van der Waals surface area contributed by atoms with Crippen molar-refractivity contribution in [3.63, 3.8) is 0 Å². The molecule has 0 aliphatic heterocycles. The van der Waals surface area contributed by atoms with Crippen molar-refractivity contribution in [3.05, 3.63) is 46.6 Å². The van der Waals surface area contributed by atoms with Gasteiger partial charge in [0.05, 0.1) is 17.8 Å². The second kappa shape index (κ2) is 6.96. The summed E-state index contributed by atoms with van der Waals surface area (Å²) in [6, 6.07) is 6.30. The van der Waals surface area contributed by atoms with Crippen LogP contribution >= 0.6 is 22.9 Å². The Balaban J connectivity index is 1.66. The van der Waals surface area contributed by atoms with Gasteiger partial charge in [0.2, 0.25) is 5.91 Å². The van der Waals surface area contributed by atoms with E-state index >= 15 is 0 Å². The molecule has 1 amide bonds. The molecule has 25 heavy (non-hydrogen) atoms. The third-order valence-electron chi connectivity index (χ3n) is 3.07. The average Bonchev–Trinajstić information content (AvgIpc) is 2.98. The van der Waals surface area contributed by atoms with Crippen LogP contribution in [0.15, 0.2) is 24.3 Å². The number of nitrogens with zero attached hydrogens (tertiary/aromatic N) is 3. The first-order valence-corrected chi connectivity index (χ1v) is 8.01. The van der Waals surface area contributed by atoms with E-state index in [1.807, 2.05) is 0 Å². The predicted octanol–water partition coefficient (Wildman–Crippen LogP) is 3.55. The van der Waals surface area contributed by atoms with E-state index in [2.05, 4.69) is 20.6 Å². The maximum atomic E-state index is 13.7. The van der Waals surface area contributed by atoms with Crippen molar-refractivity contribution in [3.8, 4) is 6.07 Å². The number of nitrogens with one attached hydrogen (secondary N) is 2. The number of benzene rings is 1. The van der Waals surface area contributed by atoms with E-state index in [0.29, 0.717) is 20.6 Å². The fourth-order valence-electron chi connectivity index (χ4n) is 1.95. The number of thiazole rings is 1. The van der Waals surface area contributed by atoms with Gasteiger partial charge in [-0.3, -0.25) is 4.79 Å². The number of amides is 1. The third kappa shape index (κ3) is 3.81. The van der Waals surface area contributed by atoms with Gasteiger partial charge in [-0.2, -0.15) is 5.26 Å². The van der Waals surface area contributed by atoms with Crippen LogP contribution in [0, 0.1) is 23.0 Å². The highest BCUT2D eigenvalue weighted by atomic mass is 35.5. The number of pyridine rings is 1. The zero-order valence-corrected chi connectivity index (χ0v) is 13.9. The highest BCUT2D eigenvalue weighted by Gasteiger charge is 2.13. The number of halogens is 3. The molecular weight excluding hydrogens is 372 g/mol. The minimum Gasteiger partial charge on any atom is -0.352 e. The van der Waals surface area contributed by atoms with Gasteiger partial charge >= 0.3 is 0 Å². The summed E-state index contributed by atoms with van der Waals surface area (Å²) in [5, 5.41) is 14.4. The molecule has 2 heterocycles. The molecule has 0 saturated carbocycles. The number of carbonyl (C=O) groups excluding carboxylic acids is 1. The Morgan fingerprint density at radius 1 is 1.28 bits per heavy atom. The number of fused-ring (bicyclic) bond motifs is 1. The second-order valence-corrected chi connectivity index (χ2v) is 6.17. The van der Waals surface area contributed by atoms with Crippen molar-refractivity contribution in [2.24, 2.45) is 0 Å². The second-order valence-electron chi connectivity index (χ2n) is 4.80. The minimum absolute atomic E-state index is 0.214. The number of hydrogen-bond donors (Lipinski definition) is 2. The van der Waals surface area contributed by atoms with Crippen LogP contribution in [0.2, 0.25) is 5.15 Å². The summed E-state index contributed by atoms with van der Waals surface area (Å²) in [4.78, 5) is 20.8. The van der Waals surface area contributed by atoms with E-state index < -0.39 is 23.1 Å². The molecule has 0 radical (unpaired) electrons. The van der Waals surface area contributed by atoms with E-state index in [4.69, 9.17) is 16.9 Å². The quantitative estimate of drug-likeness (QED) is 0.676. The monoisotopic (exact) mass is 379 g/mol. The summed E-state index contributed by atoms with van der Waals surface area (Å²) in [7, 11) is 0. The Labute approximate surface area is 149 Å². The lowest BCUT2D eigenvalue weighted by Gasteiger charge is -2.07. The third-order valence-corrected chi connectivity index (χ3v) is 4.21. The van der Waals surface area contributed by atoms with Crippen molar-refractivity contribution in [2.45, 2.75) is 0 Å². The van der Waals surface area contributed by atoms with Crippen molar-refractivity contribution in [1.82, 2.24) is 9.97 Å². The topological polar surface area (TPSA) is 90.7 Å². The number of nitriles is 1. The predicted molar refractivity (Wildman–Crippen MR) is 90.6 cm³/mol. The van der Waals surface area contributed by atoms with Crippen LogP contribution in [0.25, 0.3) is 10.3 Å². The Bertz CT molecular complexity index is 1020. The van der Waals surface area contributed by atoms with Gasteiger partial charge in [0.1, 0.15) is 33.2 Å². The molecule has 3 aromatic rings. The largest absolute Gasteiger partial charge is 0.352 e. The van der Waals surface area contributed by atoms with Gasteiger partial charge in [0.25, 0.3) is 0 Å². The Hall–Kier alpha value is -2.83. The van der Waals surface area contributed by atoms with Crippen molar-refractivity contribution in [1.29, 1.82) is 5.26 Å². The molecule has 0 aliphatic rings. The molecule has 0 atom stereocenters. The van der Waals surface area contributed by atoms with Gasteiger partial charge in [0, 0.05) is 6.07 Å². The van der Waals surface area contributed by atoms with Crippen LogP contribution in [0.1, 0.15) is 5.56 Å². The molecule has 0 bridgehead atoms. The van der Waals surface area contributed by atoms with Crippen LogP contribution in [0.4, 0.5) is 19.6 Å². The van der Waals surface area contributed by atoms with Gasteiger partial charge in [-0.15, -0.1) is 0 Å². The lowest BCUT2D eigenvalue weighted by Crippen LogP contribution is -2.22. The molecule has 0 unspecified atom stereocenters. The van der Waals surface area contributed by atoms with E-state index in [1.54, 1.807) is 12.1 Å². The molecule has 2 aromatic heterocycles. The average molecular weight is 380 g/mol. The van der Waals surface area contributed by atoms with E-state index in [-0.39, 0.29) is 12.2 Å². The zero-order valence-electron chi connectivity index (χ0n) is 12.3. The Morgan fingerprint density at radius 2 is 2.08 bits per heavy atom. The lowest BCUT2D eigenvalue weighted by atomic mass is 10.2. The standard InChI is InChI=1S/C15H8ClF2N5OS/c16-12-2-1-10-14(23-12)25-15(22-10)20-6-13(24)21-11-4-8(17)7(5-19)3-9(11)18/h1-4H,6H2,(H,20,22)(H,21,24). The Kier molecular flexibility index (Phi) is 4.74. The van der Waals surface area contributed by atoms with E-state index in [0.717, 1.165) is 12.1 Å². The molecular formula is C15H8ClF2N5OS. The highest BCUT2D eigenvalue weighted by molar-refractivity contribution is 7.21. The molecule has 0 saturated heterocycles.